The van der Waals surface area contributed by atoms with Crippen molar-refractivity contribution in [3.63, 3.8) is 0 Å². The minimum atomic E-state index is -0.626. The minimum Gasteiger partial charge on any atom is -0.363 e. The number of hydrogen-bond donors (Lipinski definition) is 1. The van der Waals surface area contributed by atoms with Crippen LogP contribution in [-0.4, -0.2) is 99.1 Å². The number of amides is 1. The molecule has 5 aromatic rings. The predicted molar refractivity (Wildman–Crippen MR) is 216 cm³/mol. The van der Waals surface area contributed by atoms with Crippen LogP contribution in [0, 0.1) is 12.7 Å². The fourth-order valence-electron chi connectivity index (χ4n) is 8.39. The molecule has 13 heteroatoms. The topological polar surface area (TPSA) is 106 Å². The van der Waals surface area contributed by atoms with E-state index in [1.165, 1.54) is 17.0 Å². The molecule has 0 bridgehead atoms. The van der Waals surface area contributed by atoms with Crippen molar-refractivity contribution >= 4 is 50.8 Å². The molecular formula is C41H49ClFN9O2. The first kappa shape index (κ1) is 37.5. The molecule has 2 aromatic carbocycles. The summed E-state index contributed by atoms with van der Waals surface area (Å²) in [6.45, 7) is 18.5. The maximum Gasteiger partial charge on any atom is 0.281 e. The van der Waals surface area contributed by atoms with Crippen molar-refractivity contribution in [3.8, 4) is 16.8 Å². The number of halogens is 2. The van der Waals surface area contributed by atoms with Crippen LogP contribution in [0.5, 0.6) is 0 Å². The number of carbonyl (C=O) groups excluding carboxylic acids is 1. The van der Waals surface area contributed by atoms with Crippen LogP contribution in [-0.2, 0) is 4.79 Å². The Hall–Kier alpha value is -4.81. The second-order valence-corrected chi connectivity index (χ2v) is 16.0. The van der Waals surface area contributed by atoms with Gasteiger partial charge in [0.2, 0.25) is 5.91 Å². The molecule has 284 valence electrons. The minimum absolute atomic E-state index is 0.106. The van der Waals surface area contributed by atoms with E-state index in [1.807, 2.05) is 78.7 Å². The second kappa shape index (κ2) is 14.4. The highest BCUT2D eigenvalue weighted by Gasteiger charge is 2.43. The van der Waals surface area contributed by atoms with Gasteiger partial charge < -0.3 is 24.6 Å². The normalized spacial score (nSPS) is 17.3. The van der Waals surface area contributed by atoms with E-state index in [4.69, 9.17) is 21.6 Å². The molecule has 54 heavy (non-hydrogen) atoms. The van der Waals surface area contributed by atoms with E-state index in [-0.39, 0.29) is 51.5 Å². The number of benzene rings is 2. The molecule has 7 rings (SSSR count). The molecule has 2 aliphatic rings. The van der Waals surface area contributed by atoms with E-state index >= 15 is 9.18 Å². The van der Waals surface area contributed by atoms with Gasteiger partial charge in [-0.25, -0.2) is 19.3 Å². The number of piperazine rings is 1. The zero-order chi connectivity index (χ0) is 38.7. The molecule has 0 aliphatic carbocycles. The lowest BCUT2D eigenvalue weighted by atomic mass is 9.93. The number of pyridine rings is 1. The fourth-order valence-corrected chi connectivity index (χ4v) is 8.67. The van der Waals surface area contributed by atoms with Crippen LogP contribution in [0.15, 0.2) is 48.3 Å². The monoisotopic (exact) mass is 753 g/mol. The van der Waals surface area contributed by atoms with Crippen molar-refractivity contribution < 1.29 is 9.18 Å². The predicted octanol–water partition coefficient (Wildman–Crippen LogP) is 7.04. The highest BCUT2D eigenvalue weighted by atomic mass is 35.5. The van der Waals surface area contributed by atoms with Gasteiger partial charge in [-0.1, -0.05) is 51.9 Å². The number of rotatable bonds is 9. The van der Waals surface area contributed by atoms with Gasteiger partial charge >= 0.3 is 0 Å². The summed E-state index contributed by atoms with van der Waals surface area (Å²) >= 11 is 7.28. The van der Waals surface area contributed by atoms with Crippen molar-refractivity contribution in [3.05, 3.63) is 81.7 Å². The SMILES string of the molecule is C=CC(=O)N1CC2CN(CCCN(C)C)c3c(c4cc(Cl)c(-c5c(C)ccc6[nH]cnc56)c(F)c4n(-c4c(C(C)C)ncnc4C(C)C)c3=O)N2CC1C. The molecule has 1 N–H and O–H groups in total. The van der Waals surface area contributed by atoms with E-state index in [1.54, 1.807) is 6.33 Å². The molecule has 1 fully saturated rings. The lowest BCUT2D eigenvalue weighted by molar-refractivity contribution is -0.128. The van der Waals surface area contributed by atoms with Gasteiger partial charge in [0.25, 0.3) is 5.56 Å². The molecule has 3 aromatic heterocycles. The van der Waals surface area contributed by atoms with Crippen LogP contribution in [0.25, 0.3) is 38.8 Å². The van der Waals surface area contributed by atoms with Crippen LogP contribution in [0.2, 0.25) is 5.02 Å². The van der Waals surface area contributed by atoms with Crippen LogP contribution >= 0.6 is 11.6 Å². The number of imidazole rings is 1. The van der Waals surface area contributed by atoms with E-state index in [9.17, 15) is 4.79 Å². The van der Waals surface area contributed by atoms with Gasteiger partial charge in [0.1, 0.15) is 12.0 Å². The Morgan fingerprint density at radius 3 is 2.41 bits per heavy atom. The van der Waals surface area contributed by atoms with Crippen molar-refractivity contribution in [2.75, 3.05) is 56.6 Å². The maximum atomic E-state index is 18.3. The van der Waals surface area contributed by atoms with Crippen LogP contribution < -0.4 is 15.4 Å². The van der Waals surface area contributed by atoms with Crippen LogP contribution in [0.3, 0.4) is 0 Å². The zero-order valence-electron chi connectivity index (χ0n) is 32.4. The summed E-state index contributed by atoms with van der Waals surface area (Å²) < 4.78 is 19.8. The first-order chi connectivity index (χ1) is 25.7. The number of H-pyrrole nitrogens is 1. The summed E-state index contributed by atoms with van der Waals surface area (Å²) in [7, 11) is 4.05. The Labute approximate surface area is 320 Å². The number of aromatic amines is 1. The number of nitrogens with zero attached hydrogens (tertiary/aromatic N) is 8. The Morgan fingerprint density at radius 2 is 1.76 bits per heavy atom. The van der Waals surface area contributed by atoms with Gasteiger partial charge in [-0.05, 0) is 76.5 Å². The number of hydrogen-bond acceptors (Lipinski definition) is 8. The first-order valence-corrected chi connectivity index (χ1v) is 19.1. The molecule has 5 heterocycles. The van der Waals surface area contributed by atoms with Crippen molar-refractivity contribution in [1.82, 2.24) is 34.3 Å². The van der Waals surface area contributed by atoms with Gasteiger partial charge in [0.15, 0.2) is 5.82 Å². The molecule has 0 spiro atoms. The van der Waals surface area contributed by atoms with E-state index < -0.39 is 5.82 Å². The average Bonchev–Trinajstić information content (AvgIpc) is 3.61. The number of aryl methyl sites for hydroxylation is 1. The third kappa shape index (κ3) is 6.13. The lowest BCUT2D eigenvalue weighted by Crippen LogP contribution is -2.64. The number of nitrogens with one attached hydrogen (secondary N) is 1. The van der Waals surface area contributed by atoms with Crippen LogP contribution in [0.1, 0.15) is 69.8 Å². The number of fused-ring (bicyclic) bond motifs is 6. The van der Waals surface area contributed by atoms with Crippen molar-refractivity contribution in [2.45, 2.75) is 71.9 Å². The maximum absolute atomic E-state index is 18.3. The Morgan fingerprint density at radius 1 is 1.06 bits per heavy atom. The molecule has 1 saturated heterocycles. The molecular weight excluding hydrogens is 705 g/mol. The van der Waals surface area contributed by atoms with E-state index in [0.717, 1.165) is 24.0 Å². The summed E-state index contributed by atoms with van der Waals surface area (Å²) in [5.41, 5.74) is 5.50. The Bertz CT molecular complexity index is 2320. The molecule has 2 unspecified atom stereocenters. The third-order valence-corrected chi connectivity index (χ3v) is 11.2. The molecule has 0 radical (unpaired) electrons. The molecule has 0 saturated carbocycles. The van der Waals surface area contributed by atoms with E-state index in [2.05, 4.69) is 31.2 Å². The lowest BCUT2D eigenvalue weighted by Gasteiger charge is -2.52. The summed E-state index contributed by atoms with van der Waals surface area (Å²) in [5.74, 6) is -0.977. The molecule has 2 atom stereocenters. The van der Waals surface area contributed by atoms with Gasteiger partial charge in [0, 0.05) is 48.7 Å². The molecule has 2 aliphatic heterocycles. The summed E-state index contributed by atoms with van der Waals surface area (Å²) in [5, 5.41) is 0.715. The Kier molecular flexibility index (Phi) is 10.0. The largest absolute Gasteiger partial charge is 0.363 e. The standard InChI is InChI=1S/C41H49ClFN9O2/c1-10-30(53)50-19-26-18-49(15-11-14-48(8)9)40-38(51(26)17-25(50)7)27-16-28(42)32(31-24(6)12-13-29-36(31)47-20-44-29)33(43)37(27)52(41(40)54)39-34(22(2)3)45-21-46-35(39)23(4)5/h10,12-13,16,20-23,25-26H,1,11,14-15,17-19H2,2-9H3,(H,44,47). The number of anilines is 2. The zero-order valence-corrected chi connectivity index (χ0v) is 33.1. The summed E-state index contributed by atoms with van der Waals surface area (Å²) in [6, 6.07) is 5.27. The number of carbonyl (C=O) groups is 1. The summed E-state index contributed by atoms with van der Waals surface area (Å²) in [6.07, 6.45) is 5.25. The first-order valence-electron chi connectivity index (χ1n) is 18.7. The van der Waals surface area contributed by atoms with Crippen molar-refractivity contribution in [2.24, 2.45) is 0 Å². The van der Waals surface area contributed by atoms with Crippen LogP contribution in [0.4, 0.5) is 15.8 Å². The molecule has 1 amide bonds. The van der Waals surface area contributed by atoms with Gasteiger partial charge in [-0.2, -0.15) is 0 Å². The fraction of sp³-hybridized carbons (Fsp3) is 0.439. The van der Waals surface area contributed by atoms with Gasteiger partial charge in [-0.15, -0.1) is 0 Å². The number of aromatic nitrogens is 5. The highest BCUT2D eigenvalue weighted by Crippen LogP contribution is 2.47. The molecule has 11 nitrogen and oxygen atoms in total. The third-order valence-electron chi connectivity index (χ3n) is 10.9. The van der Waals surface area contributed by atoms with E-state index in [0.29, 0.717) is 71.1 Å². The average molecular weight is 754 g/mol. The van der Waals surface area contributed by atoms with Gasteiger partial charge in [0.05, 0.1) is 56.7 Å². The van der Waals surface area contributed by atoms with Crippen molar-refractivity contribution in [1.29, 1.82) is 0 Å². The van der Waals surface area contributed by atoms with Gasteiger partial charge in [-0.3, -0.25) is 14.2 Å². The highest BCUT2D eigenvalue weighted by molar-refractivity contribution is 6.35. The smallest absolute Gasteiger partial charge is 0.281 e. The second-order valence-electron chi connectivity index (χ2n) is 15.6. The summed E-state index contributed by atoms with van der Waals surface area (Å²) in [4.78, 5) is 54.2. The quantitative estimate of drug-likeness (QED) is 0.160. The Balaban J connectivity index is 1.64.